The smallest absolute Gasteiger partial charge is 0.252 e. The normalized spacial score (nSPS) is 19.5. The highest BCUT2D eigenvalue weighted by molar-refractivity contribution is 5.98. The van der Waals surface area contributed by atoms with Crippen molar-refractivity contribution >= 4 is 23.2 Å². The summed E-state index contributed by atoms with van der Waals surface area (Å²) in [4.78, 5) is 29.7. The van der Waals surface area contributed by atoms with Crippen molar-refractivity contribution < 1.29 is 18.7 Å². The molecule has 1 aromatic heterocycles. The summed E-state index contributed by atoms with van der Waals surface area (Å²) in [5.74, 6) is -0.529. The summed E-state index contributed by atoms with van der Waals surface area (Å²) in [6, 6.07) is 7.71. The number of carbonyl (C=O) groups excluding carboxylic acids is 2. The number of halogens is 1. The predicted molar refractivity (Wildman–Crippen MR) is 119 cm³/mol. The fourth-order valence-electron chi connectivity index (χ4n) is 4.37. The van der Waals surface area contributed by atoms with E-state index in [0.29, 0.717) is 36.8 Å². The molecule has 0 spiro atoms. The number of ether oxygens (including phenoxy) is 1. The molecule has 1 aliphatic heterocycles. The molecule has 4 rings (SSSR count). The molecule has 2 atom stereocenters. The Balaban J connectivity index is 1.44. The minimum Gasteiger partial charge on any atom is -0.379 e. The van der Waals surface area contributed by atoms with Crippen LogP contribution in [0.15, 0.2) is 42.7 Å². The van der Waals surface area contributed by atoms with E-state index in [0.717, 1.165) is 25.5 Å². The van der Waals surface area contributed by atoms with Crippen molar-refractivity contribution in [3.05, 3.63) is 54.1 Å². The fourth-order valence-corrected chi connectivity index (χ4v) is 4.37. The van der Waals surface area contributed by atoms with Crippen LogP contribution in [0.3, 0.4) is 0 Å². The summed E-state index contributed by atoms with van der Waals surface area (Å²) >= 11 is 0. The van der Waals surface area contributed by atoms with Crippen LogP contribution in [0.1, 0.15) is 48.9 Å². The number of hydrogen-bond donors (Lipinski definition) is 3. The van der Waals surface area contributed by atoms with Crippen LogP contribution in [0.4, 0.5) is 15.8 Å². The van der Waals surface area contributed by atoms with Crippen molar-refractivity contribution in [2.75, 3.05) is 18.5 Å². The van der Waals surface area contributed by atoms with Gasteiger partial charge in [0.25, 0.3) is 5.91 Å². The second-order valence-corrected chi connectivity index (χ2v) is 8.54. The molecule has 170 valence electrons. The summed E-state index contributed by atoms with van der Waals surface area (Å²) in [5.41, 5.74) is 1.25. The summed E-state index contributed by atoms with van der Waals surface area (Å²) < 4.78 is 19.3. The molecule has 8 heteroatoms. The van der Waals surface area contributed by atoms with E-state index >= 15 is 0 Å². The summed E-state index contributed by atoms with van der Waals surface area (Å²) in [6.07, 6.45) is 8.54. The van der Waals surface area contributed by atoms with Gasteiger partial charge in [0.2, 0.25) is 5.91 Å². The van der Waals surface area contributed by atoms with E-state index in [1.807, 2.05) is 0 Å². The Kier molecular flexibility index (Phi) is 7.32. The molecular weight excluding hydrogens is 411 g/mol. The van der Waals surface area contributed by atoms with Crippen LogP contribution in [-0.4, -0.2) is 42.1 Å². The molecule has 3 N–H and O–H groups in total. The molecule has 0 bridgehead atoms. The molecule has 7 nitrogen and oxygen atoms in total. The molecule has 1 aromatic carbocycles. The number of nitrogens with one attached hydrogen (secondary N) is 3. The van der Waals surface area contributed by atoms with E-state index < -0.39 is 11.9 Å². The van der Waals surface area contributed by atoms with Gasteiger partial charge in [-0.05, 0) is 43.0 Å². The maximum absolute atomic E-state index is 13.9. The second-order valence-electron chi connectivity index (χ2n) is 8.54. The van der Waals surface area contributed by atoms with Crippen LogP contribution < -0.4 is 16.0 Å². The van der Waals surface area contributed by atoms with Crippen LogP contribution >= 0.6 is 0 Å². The van der Waals surface area contributed by atoms with Gasteiger partial charge in [-0.3, -0.25) is 14.6 Å². The lowest BCUT2D eigenvalue weighted by Crippen LogP contribution is -2.50. The Morgan fingerprint density at radius 2 is 2.03 bits per heavy atom. The first-order valence-electron chi connectivity index (χ1n) is 11.2. The summed E-state index contributed by atoms with van der Waals surface area (Å²) in [6.45, 7) is 1.15. The lowest BCUT2D eigenvalue weighted by Gasteiger charge is -2.23. The molecule has 1 unspecified atom stereocenters. The van der Waals surface area contributed by atoms with Crippen molar-refractivity contribution in [2.24, 2.45) is 5.92 Å². The Morgan fingerprint density at radius 3 is 2.78 bits per heavy atom. The molecule has 2 aliphatic rings. The zero-order valence-electron chi connectivity index (χ0n) is 18.0. The third-order valence-corrected chi connectivity index (χ3v) is 6.12. The average molecular weight is 441 g/mol. The second kappa shape index (κ2) is 10.5. The minimum absolute atomic E-state index is 0.00623. The SMILES string of the molecule is O=C(N[C@@H](CC1CCCC1)C(=O)NC1CCOC1)c1cccc(Nc2ccncc2F)c1. The Morgan fingerprint density at radius 1 is 1.19 bits per heavy atom. The van der Waals surface area contributed by atoms with Crippen molar-refractivity contribution in [1.82, 2.24) is 15.6 Å². The van der Waals surface area contributed by atoms with Gasteiger partial charge in [-0.15, -0.1) is 0 Å². The Hall–Kier alpha value is -3.00. The molecule has 1 aliphatic carbocycles. The highest BCUT2D eigenvalue weighted by Gasteiger charge is 2.29. The Labute approximate surface area is 187 Å². The zero-order valence-corrected chi connectivity index (χ0v) is 18.0. The third-order valence-electron chi connectivity index (χ3n) is 6.12. The number of carbonyl (C=O) groups is 2. The van der Waals surface area contributed by atoms with E-state index in [2.05, 4.69) is 20.9 Å². The molecule has 1 saturated heterocycles. The number of hydrogen-bond acceptors (Lipinski definition) is 5. The maximum atomic E-state index is 13.9. The lowest BCUT2D eigenvalue weighted by molar-refractivity contribution is -0.124. The number of benzene rings is 1. The largest absolute Gasteiger partial charge is 0.379 e. The van der Waals surface area contributed by atoms with Gasteiger partial charge >= 0.3 is 0 Å². The number of nitrogens with zero attached hydrogens (tertiary/aromatic N) is 1. The molecule has 0 radical (unpaired) electrons. The highest BCUT2D eigenvalue weighted by Crippen LogP contribution is 2.29. The van der Waals surface area contributed by atoms with Gasteiger partial charge in [0.1, 0.15) is 6.04 Å². The number of amides is 2. The van der Waals surface area contributed by atoms with Gasteiger partial charge in [-0.2, -0.15) is 0 Å². The predicted octanol–water partition coefficient (Wildman–Crippen LogP) is 3.55. The van der Waals surface area contributed by atoms with Gasteiger partial charge in [-0.25, -0.2) is 4.39 Å². The quantitative estimate of drug-likeness (QED) is 0.584. The molecular formula is C24H29FN4O3. The van der Waals surface area contributed by atoms with Gasteiger partial charge in [0.05, 0.1) is 24.5 Å². The molecule has 2 fully saturated rings. The van der Waals surface area contributed by atoms with Crippen LogP contribution in [0.5, 0.6) is 0 Å². The number of pyridine rings is 1. The first kappa shape index (κ1) is 22.2. The number of aromatic nitrogens is 1. The molecule has 2 amide bonds. The van der Waals surface area contributed by atoms with E-state index in [1.54, 1.807) is 24.3 Å². The standard InChI is InChI=1S/C24H29FN4O3/c25-20-14-26-10-8-21(20)27-18-7-3-6-17(13-18)23(30)29-22(12-16-4-1-2-5-16)24(31)28-19-9-11-32-15-19/h3,6-8,10,13-14,16,19,22H,1-2,4-5,9,11-12,15H2,(H,26,27)(H,28,31)(H,29,30)/t19?,22-/m0/s1. The number of rotatable bonds is 8. The van der Waals surface area contributed by atoms with Crippen molar-refractivity contribution in [3.8, 4) is 0 Å². The van der Waals surface area contributed by atoms with E-state index in [-0.39, 0.29) is 23.5 Å². The van der Waals surface area contributed by atoms with Gasteiger partial charge < -0.3 is 20.7 Å². The molecule has 2 aromatic rings. The number of anilines is 2. The van der Waals surface area contributed by atoms with E-state index in [1.165, 1.54) is 25.1 Å². The minimum atomic E-state index is -0.597. The molecule has 32 heavy (non-hydrogen) atoms. The van der Waals surface area contributed by atoms with Crippen molar-refractivity contribution in [3.63, 3.8) is 0 Å². The van der Waals surface area contributed by atoms with Gasteiger partial charge in [-0.1, -0.05) is 31.7 Å². The summed E-state index contributed by atoms with van der Waals surface area (Å²) in [7, 11) is 0. The maximum Gasteiger partial charge on any atom is 0.252 e. The first-order valence-corrected chi connectivity index (χ1v) is 11.2. The van der Waals surface area contributed by atoms with E-state index in [4.69, 9.17) is 4.74 Å². The van der Waals surface area contributed by atoms with Crippen molar-refractivity contribution in [2.45, 2.75) is 50.6 Å². The third kappa shape index (κ3) is 5.82. The van der Waals surface area contributed by atoms with Crippen LogP contribution in [0, 0.1) is 11.7 Å². The average Bonchev–Trinajstić information content (AvgIpc) is 3.49. The summed E-state index contributed by atoms with van der Waals surface area (Å²) in [5, 5.41) is 8.92. The van der Waals surface area contributed by atoms with Crippen LogP contribution in [-0.2, 0) is 9.53 Å². The van der Waals surface area contributed by atoms with Gasteiger partial charge in [0, 0.05) is 24.1 Å². The monoisotopic (exact) mass is 440 g/mol. The fraction of sp³-hybridized carbons (Fsp3) is 0.458. The molecule has 2 heterocycles. The van der Waals surface area contributed by atoms with E-state index in [9.17, 15) is 14.0 Å². The van der Waals surface area contributed by atoms with Crippen molar-refractivity contribution in [1.29, 1.82) is 0 Å². The highest BCUT2D eigenvalue weighted by atomic mass is 19.1. The van der Waals surface area contributed by atoms with Crippen LogP contribution in [0.2, 0.25) is 0 Å². The first-order chi connectivity index (χ1) is 15.6. The topological polar surface area (TPSA) is 92.4 Å². The van der Waals surface area contributed by atoms with Crippen LogP contribution in [0.25, 0.3) is 0 Å². The Bertz CT molecular complexity index is 942. The zero-order chi connectivity index (χ0) is 22.3. The lowest BCUT2D eigenvalue weighted by atomic mass is 9.97. The molecule has 1 saturated carbocycles. The van der Waals surface area contributed by atoms with Gasteiger partial charge in [0.15, 0.2) is 5.82 Å².